The third-order valence-electron chi connectivity index (χ3n) is 4.87. The van der Waals surface area contributed by atoms with Crippen molar-refractivity contribution in [1.82, 2.24) is 14.9 Å². The van der Waals surface area contributed by atoms with E-state index in [0.29, 0.717) is 16.7 Å². The molecule has 0 radical (unpaired) electrons. The van der Waals surface area contributed by atoms with Gasteiger partial charge < -0.3 is 4.98 Å². The Morgan fingerprint density at radius 1 is 1.27 bits per heavy atom. The van der Waals surface area contributed by atoms with Gasteiger partial charge in [0.05, 0.1) is 10.9 Å². The van der Waals surface area contributed by atoms with Crippen LogP contribution in [0.1, 0.15) is 30.1 Å². The van der Waals surface area contributed by atoms with Crippen LogP contribution in [0.3, 0.4) is 0 Å². The number of nitrogens with one attached hydrogen (secondary N) is 1. The molecule has 6 heteroatoms. The fraction of sp³-hybridized carbons (Fsp3) is 0.300. The standard InChI is InChI=1S/C20H19ClFN3O/c21-15-5-1-3-13(9-15)11-25-8-2-4-14(12-25)19-23-18-7-6-16(22)10-17(18)20(26)24-19/h1,3,5-7,9-10,14H,2,4,8,11-12H2,(H,23,24,26). The number of hydrogen-bond donors (Lipinski definition) is 1. The number of likely N-dealkylation sites (tertiary alicyclic amines) is 1. The lowest BCUT2D eigenvalue weighted by atomic mass is 9.96. The Balaban J connectivity index is 1.57. The highest BCUT2D eigenvalue weighted by Crippen LogP contribution is 2.26. The van der Waals surface area contributed by atoms with Gasteiger partial charge in [0, 0.05) is 24.0 Å². The third kappa shape index (κ3) is 3.64. The zero-order chi connectivity index (χ0) is 18.1. The average Bonchev–Trinajstić information content (AvgIpc) is 2.62. The number of fused-ring (bicyclic) bond motifs is 1. The second-order valence-electron chi connectivity index (χ2n) is 6.82. The van der Waals surface area contributed by atoms with Crippen LogP contribution in [-0.4, -0.2) is 28.0 Å². The minimum atomic E-state index is -0.428. The molecular formula is C20H19ClFN3O. The van der Waals surface area contributed by atoms with Gasteiger partial charge in [0.2, 0.25) is 0 Å². The average molecular weight is 372 g/mol. The normalized spacial score (nSPS) is 18.3. The molecule has 2 aromatic carbocycles. The molecule has 1 aliphatic heterocycles. The SMILES string of the molecule is O=c1[nH]c(C2CCCN(Cc3cccc(Cl)c3)C2)nc2ccc(F)cc12. The van der Waals surface area contributed by atoms with Gasteiger partial charge in [-0.3, -0.25) is 9.69 Å². The fourth-order valence-electron chi connectivity index (χ4n) is 3.64. The van der Waals surface area contributed by atoms with Crippen LogP contribution < -0.4 is 5.56 Å². The van der Waals surface area contributed by atoms with Crippen molar-refractivity contribution in [2.24, 2.45) is 0 Å². The molecule has 1 N–H and O–H groups in total. The fourth-order valence-corrected chi connectivity index (χ4v) is 3.85. The molecular weight excluding hydrogens is 353 g/mol. The second kappa shape index (κ2) is 7.17. The maximum Gasteiger partial charge on any atom is 0.258 e. The number of piperidine rings is 1. The first-order chi connectivity index (χ1) is 12.6. The highest BCUT2D eigenvalue weighted by Gasteiger charge is 2.24. The first-order valence-electron chi connectivity index (χ1n) is 8.75. The molecule has 3 aromatic rings. The summed E-state index contributed by atoms with van der Waals surface area (Å²) in [6.07, 6.45) is 2.01. The Labute approximate surface area is 155 Å². The summed E-state index contributed by atoms with van der Waals surface area (Å²) in [6, 6.07) is 12.0. The van der Waals surface area contributed by atoms with E-state index in [9.17, 15) is 9.18 Å². The summed E-state index contributed by atoms with van der Waals surface area (Å²) in [5.74, 6) is 0.415. The topological polar surface area (TPSA) is 49.0 Å². The first kappa shape index (κ1) is 17.2. The quantitative estimate of drug-likeness (QED) is 0.754. The van der Waals surface area contributed by atoms with Crippen LogP contribution in [0.15, 0.2) is 47.3 Å². The predicted octanol–water partition coefficient (Wildman–Crippen LogP) is 4.10. The van der Waals surface area contributed by atoms with Crippen molar-refractivity contribution in [2.75, 3.05) is 13.1 Å². The molecule has 26 heavy (non-hydrogen) atoms. The van der Waals surface area contributed by atoms with Crippen LogP contribution in [0.25, 0.3) is 10.9 Å². The highest BCUT2D eigenvalue weighted by atomic mass is 35.5. The van der Waals surface area contributed by atoms with E-state index in [0.717, 1.165) is 37.5 Å². The number of aromatic nitrogens is 2. The summed E-state index contributed by atoms with van der Waals surface area (Å²) < 4.78 is 13.4. The van der Waals surface area contributed by atoms with Gasteiger partial charge in [0.15, 0.2) is 0 Å². The minimum Gasteiger partial charge on any atom is -0.310 e. The Morgan fingerprint density at radius 2 is 2.15 bits per heavy atom. The molecule has 1 unspecified atom stereocenters. The third-order valence-corrected chi connectivity index (χ3v) is 5.11. The van der Waals surface area contributed by atoms with Gasteiger partial charge in [0.1, 0.15) is 11.6 Å². The van der Waals surface area contributed by atoms with Crippen molar-refractivity contribution in [3.63, 3.8) is 0 Å². The largest absolute Gasteiger partial charge is 0.310 e. The molecule has 2 heterocycles. The number of aromatic amines is 1. The van der Waals surface area contributed by atoms with Crippen molar-refractivity contribution in [1.29, 1.82) is 0 Å². The van der Waals surface area contributed by atoms with E-state index >= 15 is 0 Å². The molecule has 1 aromatic heterocycles. The van der Waals surface area contributed by atoms with Crippen LogP contribution in [0, 0.1) is 5.82 Å². The molecule has 1 atom stereocenters. The van der Waals surface area contributed by atoms with Gasteiger partial charge in [-0.15, -0.1) is 0 Å². The predicted molar refractivity (Wildman–Crippen MR) is 101 cm³/mol. The molecule has 1 aliphatic rings. The number of hydrogen-bond acceptors (Lipinski definition) is 3. The van der Waals surface area contributed by atoms with Gasteiger partial charge in [-0.1, -0.05) is 23.7 Å². The summed E-state index contributed by atoms with van der Waals surface area (Å²) in [4.78, 5) is 22.1. The van der Waals surface area contributed by atoms with Crippen molar-refractivity contribution in [3.05, 3.63) is 75.0 Å². The molecule has 0 bridgehead atoms. The van der Waals surface area contributed by atoms with Crippen LogP contribution in [-0.2, 0) is 6.54 Å². The Morgan fingerprint density at radius 3 is 3.00 bits per heavy atom. The lowest BCUT2D eigenvalue weighted by Gasteiger charge is -2.32. The van der Waals surface area contributed by atoms with Crippen molar-refractivity contribution in [3.8, 4) is 0 Å². The molecule has 134 valence electrons. The first-order valence-corrected chi connectivity index (χ1v) is 9.12. The van der Waals surface area contributed by atoms with Gasteiger partial charge in [0.25, 0.3) is 5.56 Å². The Hall–Kier alpha value is -2.24. The van der Waals surface area contributed by atoms with E-state index in [1.807, 2.05) is 18.2 Å². The number of benzene rings is 2. The van der Waals surface area contributed by atoms with Crippen LogP contribution >= 0.6 is 11.6 Å². The number of H-pyrrole nitrogens is 1. The summed E-state index contributed by atoms with van der Waals surface area (Å²) in [5.41, 5.74) is 1.43. The van der Waals surface area contributed by atoms with Crippen molar-refractivity contribution in [2.45, 2.75) is 25.3 Å². The van der Waals surface area contributed by atoms with E-state index < -0.39 is 5.82 Å². The molecule has 4 nitrogen and oxygen atoms in total. The van der Waals surface area contributed by atoms with E-state index in [-0.39, 0.29) is 11.5 Å². The number of rotatable bonds is 3. The van der Waals surface area contributed by atoms with E-state index in [2.05, 4.69) is 20.9 Å². The molecule has 0 amide bonds. The minimum absolute atomic E-state index is 0.157. The van der Waals surface area contributed by atoms with Gasteiger partial charge in [-0.25, -0.2) is 9.37 Å². The highest BCUT2D eigenvalue weighted by molar-refractivity contribution is 6.30. The zero-order valence-corrected chi connectivity index (χ0v) is 15.0. The van der Waals surface area contributed by atoms with Crippen molar-refractivity contribution >= 4 is 22.5 Å². The van der Waals surface area contributed by atoms with Crippen LogP contribution in [0.5, 0.6) is 0 Å². The smallest absolute Gasteiger partial charge is 0.258 e. The summed E-state index contributed by atoms with van der Waals surface area (Å²) >= 11 is 6.08. The lowest BCUT2D eigenvalue weighted by molar-refractivity contribution is 0.196. The van der Waals surface area contributed by atoms with Gasteiger partial charge >= 0.3 is 0 Å². The number of nitrogens with zero attached hydrogens (tertiary/aromatic N) is 2. The molecule has 4 rings (SSSR count). The van der Waals surface area contributed by atoms with E-state index in [1.165, 1.54) is 17.7 Å². The molecule has 0 saturated carbocycles. The summed E-state index contributed by atoms with van der Waals surface area (Å²) in [6.45, 7) is 2.65. The second-order valence-corrected chi connectivity index (χ2v) is 7.25. The lowest BCUT2D eigenvalue weighted by Crippen LogP contribution is -2.35. The monoisotopic (exact) mass is 371 g/mol. The zero-order valence-electron chi connectivity index (χ0n) is 14.2. The van der Waals surface area contributed by atoms with Crippen LogP contribution in [0.2, 0.25) is 5.02 Å². The maximum atomic E-state index is 13.4. The van der Waals surface area contributed by atoms with Crippen LogP contribution in [0.4, 0.5) is 4.39 Å². The molecule has 0 spiro atoms. The Bertz CT molecular complexity index is 1000. The maximum absolute atomic E-state index is 13.4. The molecule has 0 aliphatic carbocycles. The Kier molecular flexibility index (Phi) is 4.74. The van der Waals surface area contributed by atoms with E-state index in [1.54, 1.807) is 6.07 Å². The van der Waals surface area contributed by atoms with Gasteiger partial charge in [-0.2, -0.15) is 0 Å². The molecule has 1 saturated heterocycles. The van der Waals surface area contributed by atoms with Gasteiger partial charge in [-0.05, 0) is 55.3 Å². The molecule has 1 fully saturated rings. The summed E-state index contributed by atoms with van der Waals surface area (Å²) in [5, 5.41) is 1.03. The summed E-state index contributed by atoms with van der Waals surface area (Å²) in [7, 11) is 0. The van der Waals surface area contributed by atoms with E-state index in [4.69, 9.17) is 11.6 Å². The van der Waals surface area contributed by atoms with Crippen molar-refractivity contribution < 1.29 is 4.39 Å². The number of halogens is 2.